The second-order valence-electron chi connectivity index (χ2n) is 4.43. The topological polar surface area (TPSA) is 37.8 Å². The van der Waals surface area contributed by atoms with E-state index >= 15 is 0 Å². The van der Waals surface area contributed by atoms with Gasteiger partial charge in [-0.05, 0) is 25.0 Å². The molecule has 1 fully saturated rings. The second kappa shape index (κ2) is 4.74. The zero-order valence-electron chi connectivity index (χ0n) is 9.83. The maximum absolute atomic E-state index is 13.5. The number of nitrogens with zero attached hydrogens (tertiary/aromatic N) is 2. The van der Waals surface area contributed by atoms with Gasteiger partial charge in [-0.2, -0.15) is 0 Å². The molecule has 0 saturated heterocycles. The number of rotatable bonds is 3. The molecule has 1 heterocycles. The number of hydrogen-bond acceptors (Lipinski definition) is 3. The molecule has 6 heteroatoms. The number of halogens is 3. The van der Waals surface area contributed by atoms with Crippen LogP contribution in [0, 0.1) is 11.6 Å². The highest BCUT2D eigenvalue weighted by molar-refractivity contribution is 6.29. The highest BCUT2D eigenvalue weighted by Crippen LogP contribution is 2.39. The van der Waals surface area contributed by atoms with Gasteiger partial charge in [0.1, 0.15) is 16.8 Å². The Balaban J connectivity index is 1.92. The Morgan fingerprint density at radius 1 is 1.21 bits per heavy atom. The Labute approximate surface area is 113 Å². The van der Waals surface area contributed by atoms with Crippen LogP contribution in [0.4, 0.5) is 20.3 Å². The van der Waals surface area contributed by atoms with Crippen molar-refractivity contribution in [2.24, 2.45) is 0 Å². The minimum Gasteiger partial charge on any atom is -0.338 e. The van der Waals surface area contributed by atoms with Gasteiger partial charge in [0.05, 0.1) is 5.69 Å². The Bertz CT molecular complexity index is 629. The third kappa shape index (κ3) is 2.66. The normalized spacial score (nSPS) is 14.5. The van der Waals surface area contributed by atoms with Crippen molar-refractivity contribution in [3.8, 4) is 0 Å². The van der Waals surface area contributed by atoms with E-state index in [9.17, 15) is 8.78 Å². The van der Waals surface area contributed by atoms with Crippen LogP contribution in [0.3, 0.4) is 0 Å². The summed E-state index contributed by atoms with van der Waals surface area (Å²) in [5.74, 6) is -0.507. The predicted molar refractivity (Wildman–Crippen MR) is 68.7 cm³/mol. The highest BCUT2D eigenvalue weighted by Gasteiger charge is 2.27. The monoisotopic (exact) mass is 281 g/mol. The molecule has 0 atom stereocenters. The minimum atomic E-state index is -0.940. The average molecular weight is 282 g/mol. The van der Waals surface area contributed by atoms with Gasteiger partial charge >= 0.3 is 0 Å². The van der Waals surface area contributed by atoms with Crippen LogP contribution in [0.25, 0.3) is 0 Å². The Hall–Kier alpha value is -1.75. The van der Waals surface area contributed by atoms with E-state index < -0.39 is 11.6 Å². The van der Waals surface area contributed by atoms with Crippen molar-refractivity contribution in [3.63, 3.8) is 0 Å². The smallest absolute Gasteiger partial charge is 0.182 e. The lowest BCUT2D eigenvalue weighted by molar-refractivity contribution is 0.511. The SMILES string of the molecule is Fc1cccc(Nc2cc(Cl)nc(C3CC3)n2)c1F. The summed E-state index contributed by atoms with van der Waals surface area (Å²) < 4.78 is 26.7. The van der Waals surface area contributed by atoms with E-state index in [0.717, 1.165) is 18.9 Å². The summed E-state index contributed by atoms with van der Waals surface area (Å²) in [5.41, 5.74) is 0.0245. The first-order valence-electron chi connectivity index (χ1n) is 5.89. The average Bonchev–Trinajstić information content (AvgIpc) is 3.18. The summed E-state index contributed by atoms with van der Waals surface area (Å²) >= 11 is 5.90. The fraction of sp³-hybridized carbons (Fsp3) is 0.231. The first-order valence-corrected chi connectivity index (χ1v) is 6.27. The van der Waals surface area contributed by atoms with Crippen LogP contribution in [-0.4, -0.2) is 9.97 Å². The number of aromatic nitrogens is 2. The molecule has 1 aliphatic rings. The fourth-order valence-corrected chi connectivity index (χ4v) is 1.95. The van der Waals surface area contributed by atoms with Gasteiger partial charge in [0.15, 0.2) is 11.6 Å². The van der Waals surface area contributed by atoms with Crippen molar-refractivity contribution in [1.29, 1.82) is 0 Å². The molecule has 0 amide bonds. The zero-order chi connectivity index (χ0) is 13.4. The number of hydrogen-bond donors (Lipinski definition) is 1. The largest absolute Gasteiger partial charge is 0.338 e. The molecule has 1 N–H and O–H groups in total. The number of anilines is 2. The quantitative estimate of drug-likeness (QED) is 0.863. The van der Waals surface area contributed by atoms with Crippen LogP contribution in [0.1, 0.15) is 24.6 Å². The van der Waals surface area contributed by atoms with E-state index in [2.05, 4.69) is 15.3 Å². The van der Waals surface area contributed by atoms with Crippen LogP contribution in [0.2, 0.25) is 5.15 Å². The molecule has 0 unspecified atom stereocenters. The summed E-state index contributed by atoms with van der Waals surface area (Å²) in [6.07, 6.45) is 2.07. The molecule has 1 aromatic carbocycles. The molecule has 19 heavy (non-hydrogen) atoms. The summed E-state index contributed by atoms with van der Waals surface area (Å²) in [4.78, 5) is 8.39. The molecule has 0 aliphatic heterocycles. The first-order chi connectivity index (χ1) is 9.13. The van der Waals surface area contributed by atoms with Crippen molar-refractivity contribution < 1.29 is 8.78 Å². The number of benzene rings is 1. The van der Waals surface area contributed by atoms with Crippen molar-refractivity contribution in [1.82, 2.24) is 9.97 Å². The molecule has 3 rings (SSSR count). The van der Waals surface area contributed by atoms with Gasteiger partial charge in [-0.15, -0.1) is 0 Å². The van der Waals surface area contributed by atoms with Crippen LogP contribution in [0.15, 0.2) is 24.3 Å². The van der Waals surface area contributed by atoms with Crippen LogP contribution < -0.4 is 5.32 Å². The van der Waals surface area contributed by atoms with E-state index in [0.29, 0.717) is 17.6 Å². The Morgan fingerprint density at radius 3 is 2.74 bits per heavy atom. The van der Waals surface area contributed by atoms with Crippen LogP contribution in [0.5, 0.6) is 0 Å². The first kappa shape index (κ1) is 12.3. The van der Waals surface area contributed by atoms with E-state index in [-0.39, 0.29) is 10.8 Å². The van der Waals surface area contributed by atoms with Crippen molar-refractivity contribution in [2.45, 2.75) is 18.8 Å². The Kier molecular flexibility index (Phi) is 3.06. The van der Waals surface area contributed by atoms with E-state index in [1.165, 1.54) is 18.2 Å². The third-order valence-corrected chi connectivity index (χ3v) is 3.06. The molecular weight excluding hydrogens is 272 g/mol. The zero-order valence-corrected chi connectivity index (χ0v) is 10.6. The molecule has 0 bridgehead atoms. The molecule has 1 aliphatic carbocycles. The highest BCUT2D eigenvalue weighted by atomic mass is 35.5. The molecule has 1 aromatic heterocycles. The predicted octanol–water partition coefficient (Wildman–Crippen LogP) is 4.03. The second-order valence-corrected chi connectivity index (χ2v) is 4.82. The summed E-state index contributed by atoms with van der Waals surface area (Å²) in [5, 5.41) is 3.01. The molecular formula is C13H10ClF2N3. The number of nitrogens with one attached hydrogen (secondary N) is 1. The lowest BCUT2D eigenvalue weighted by Crippen LogP contribution is -2.01. The van der Waals surface area contributed by atoms with Crippen molar-refractivity contribution in [2.75, 3.05) is 5.32 Å². The van der Waals surface area contributed by atoms with Gasteiger partial charge in [0, 0.05) is 12.0 Å². The van der Waals surface area contributed by atoms with Gasteiger partial charge in [-0.3, -0.25) is 0 Å². The minimum absolute atomic E-state index is 0.0245. The fourth-order valence-electron chi connectivity index (χ4n) is 1.76. The molecule has 98 valence electrons. The van der Waals surface area contributed by atoms with Gasteiger partial charge in [-0.25, -0.2) is 18.7 Å². The van der Waals surface area contributed by atoms with Gasteiger partial charge in [-0.1, -0.05) is 17.7 Å². The standard InChI is InChI=1S/C13H10ClF2N3/c14-10-6-11(19-13(18-10)7-4-5-7)17-9-3-1-2-8(15)12(9)16/h1-3,6-7H,4-5H2,(H,17,18,19). The third-order valence-electron chi connectivity index (χ3n) is 2.87. The lowest BCUT2D eigenvalue weighted by Gasteiger charge is -2.08. The molecule has 1 saturated carbocycles. The van der Waals surface area contributed by atoms with Gasteiger partial charge in [0.2, 0.25) is 0 Å². The molecule has 3 nitrogen and oxygen atoms in total. The van der Waals surface area contributed by atoms with E-state index in [1.807, 2.05) is 0 Å². The molecule has 0 radical (unpaired) electrons. The van der Waals surface area contributed by atoms with E-state index in [4.69, 9.17) is 11.6 Å². The van der Waals surface area contributed by atoms with Crippen molar-refractivity contribution >= 4 is 23.1 Å². The van der Waals surface area contributed by atoms with E-state index in [1.54, 1.807) is 0 Å². The lowest BCUT2D eigenvalue weighted by atomic mass is 10.3. The van der Waals surface area contributed by atoms with Gasteiger partial charge in [0.25, 0.3) is 0 Å². The maximum atomic E-state index is 13.5. The van der Waals surface area contributed by atoms with Crippen LogP contribution >= 0.6 is 11.6 Å². The van der Waals surface area contributed by atoms with Crippen LogP contribution in [-0.2, 0) is 0 Å². The summed E-state index contributed by atoms with van der Waals surface area (Å²) in [6.45, 7) is 0. The molecule has 2 aromatic rings. The summed E-state index contributed by atoms with van der Waals surface area (Å²) in [7, 11) is 0. The Morgan fingerprint density at radius 2 is 2.00 bits per heavy atom. The maximum Gasteiger partial charge on any atom is 0.182 e. The summed E-state index contributed by atoms with van der Waals surface area (Å²) in [6, 6.07) is 5.40. The molecule has 0 spiro atoms. The van der Waals surface area contributed by atoms with Crippen molar-refractivity contribution in [3.05, 3.63) is 46.9 Å². The van der Waals surface area contributed by atoms with Gasteiger partial charge < -0.3 is 5.32 Å².